The van der Waals surface area contributed by atoms with Gasteiger partial charge in [0.1, 0.15) is 0 Å². The van der Waals surface area contributed by atoms with Crippen molar-refractivity contribution in [1.29, 1.82) is 0 Å². The largest absolute Gasteiger partial charge is 0.416 e. The highest BCUT2D eigenvalue weighted by molar-refractivity contribution is 5.94. The van der Waals surface area contributed by atoms with Crippen molar-refractivity contribution in [3.63, 3.8) is 0 Å². The van der Waals surface area contributed by atoms with E-state index in [1.165, 1.54) is 6.07 Å². The van der Waals surface area contributed by atoms with Crippen molar-refractivity contribution in [3.05, 3.63) is 42.0 Å². The Hall–Kier alpha value is -2.51. The number of nitrogens with zero attached hydrogens (tertiary/aromatic N) is 1. The average Bonchev–Trinajstić information content (AvgIpc) is 3.15. The van der Waals surface area contributed by atoms with Crippen LogP contribution in [0, 0.1) is 0 Å². The molecule has 28 heavy (non-hydrogen) atoms. The maximum atomic E-state index is 13.0. The van der Waals surface area contributed by atoms with Gasteiger partial charge in [0.05, 0.1) is 23.3 Å². The van der Waals surface area contributed by atoms with Crippen molar-refractivity contribution >= 4 is 17.3 Å². The Morgan fingerprint density at radius 3 is 2.61 bits per heavy atom. The van der Waals surface area contributed by atoms with Gasteiger partial charge in [-0.05, 0) is 24.6 Å². The molecule has 0 radical (unpaired) electrons. The van der Waals surface area contributed by atoms with E-state index in [2.05, 4.69) is 27.5 Å². The van der Waals surface area contributed by atoms with Crippen molar-refractivity contribution in [2.24, 2.45) is 0 Å². The van der Waals surface area contributed by atoms with Crippen LogP contribution in [0.25, 0.3) is 0 Å². The van der Waals surface area contributed by atoms with Gasteiger partial charge >= 0.3 is 6.18 Å². The maximum absolute atomic E-state index is 13.0. The first-order valence-corrected chi connectivity index (χ1v) is 9.62. The number of anilines is 2. The van der Waals surface area contributed by atoms with Gasteiger partial charge in [0, 0.05) is 31.3 Å². The standard InChI is InChI=1S/C20H27F3N4O/c1-2-3-4-5-6-7-19(28)27-17-9-8-15(20(21,22)23)12-18(17)25-11-10-16-13-24-14-26-16/h8-9,12-14,25H,2-7,10-11H2,1H3,(H,24,26)(H,27,28). The second-order valence-electron chi connectivity index (χ2n) is 6.72. The molecule has 3 N–H and O–H groups in total. The lowest BCUT2D eigenvalue weighted by Crippen LogP contribution is -2.15. The average molecular weight is 396 g/mol. The number of hydrogen-bond acceptors (Lipinski definition) is 3. The third kappa shape index (κ3) is 7.25. The summed E-state index contributed by atoms with van der Waals surface area (Å²) in [5.41, 5.74) is 0.732. The van der Waals surface area contributed by atoms with Gasteiger partial charge < -0.3 is 15.6 Å². The number of amides is 1. The Morgan fingerprint density at radius 1 is 1.14 bits per heavy atom. The minimum Gasteiger partial charge on any atom is -0.383 e. The molecule has 1 aromatic heterocycles. The number of halogens is 3. The third-order valence-electron chi connectivity index (χ3n) is 4.39. The summed E-state index contributed by atoms with van der Waals surface area (Å²) in [6, 6.07) is 3.32. The zero-order valence-electron chi connectivity index (χ0n) is 16.0. The summed E-state index contributed by atoms with van der Waals surface area (Å²) in [7, 11) is 0. The molecule has 2 rings (SSSR count). The van der Waals surface area contributed by atoms with E-state index >= 15 is 0 Å². The molecule has 0 atom stereocenters. The number of rotatable bonds is 11. The van der Waals surface area contributed by atoms with E-state index in [1.807, 2.05) is 0 Å². The van der Waals surface area contributed by atoms with Gasteiger partial charge in [0.15, 0.2) is 0 Å². The highest BCUT2D eigenvalue weighted by atomic mass is 19.4. The van der Waals surface area contributed by atoms with Crippen LogP contribution in [0.15, 0.2) is 30.7 Å². The van der Waals surface area contributed by atoms with Gasteiger partial charge in [-0.3, -0.25) is 4.79 Å². The Bertz CT molecular complexity index is 730. The van der Waals surface area contributed by atoms with Gasteiger partial charge in [-0.1, -0.05) is 32.6 Å². The van der Waals surface area contributed by atoms with Crippen molar-refractivity contribution in [2.75, 3.05) is 17.2 Å². The van der Waals surface area contributed by atoms with Crippen molar-refractivity contribution in [2.45, 2.75) is 58.0 Å². The summed E-state index contributed by atoms with van der Waals surface area (Å²) in [5, 5.41) is 5.73. The number of carbonyl (C=O) groups excluding carboxylic acids is 1. The number of H-pyrrole nitrogens is 1. The summed E-state index contributed by atoms with van der Waals surface area (Å²) in [4.78, 5) is 19.0. The summed E-state index contributed by atoms with van der Waals surface area (Å²) in [6.45, 7) is 2.53. The fourth-order valence-electron chi connectivity index (χ4n) is 2.83. The SMILES string of the molecule is CCCCCCCC(=O)Nc1ccc(C(F)(F)F)cc1NCCc1cnc[nH]1. The molecule has 0 saturated carbocycles. The second-order valence-corrected chi connectivity index (χ2v) is 6.72. The van der Waals surface area contributed by atoms with Crippen molar-refractivity contribution < 1.29 is 18.0 Å². The first-order chi connectivity index (χ1) is 13.4. The summed E-state index contributed by atoms with van der Waals surface area (Å²) < 4.78 is 39.1. The Kier molecular flexibility index (Phi) is 8.35. The number of imidazole rings is 1. The third-order valence-corrected chi connectivity index (χ3v) is 4.39. The number of carbonyl (C=O) groups is 1. The number of aromatic nitrogens is 2. The maximum Gasteiger partial charge on any atom is 0.416 e. The van der Waals surface area contributed by atoms with E-state index in [4.69, 9.17) is 0 Å². The predicted octanol–water partition coefficient (Wildman–Crippen LogP) is 5.38. The molecule has 1 aromatic carbocycles. The highest BCUT2D eigenvalue weighted by Gasteiger charge is 2.31. The quantitative estimate of drug-likeness (QED) is 0.447. The Balaban J connectivity index is 1.99. The lowest BCUT2D eigenvalue weighted by atomic mass is 10.1. The Labute approximate surface area is 163 Å². The molecule has 0 bridgehead atoms. The van der Waals surface area contributed by atoms with E-state index < -0.39 is 11.7 Å². The lowest BCUT2D eigenvalue weighted by molar-refractivity contribution is -0.137. The number of nitrogens with one attached hydrogen (secondary N) is 3. The molecule has 1 amide bonds. The van der Waals surface area contributed by atoms with E-state index in [9.17, 15) is 18.0 Å². The monoisotopic (exact) mass is 396 g/mol. The molecule has 0 fully saturated rings. The molecule has 0 aliphatic rings. The van der Waals surface area contributed by atoms with Crippen LogP contribution in [0.2, 0.25) is 0 Å². The zero-order valence-corrected chi connectivity index (χ0v) is 16.0. The predicted molar refractivity (Wildman–Crippen MR) is 104 cm³/mol. The van der Waals surface area contributed by atoms with Crippen molar-refractivity contribution in [3.8, 4) is 0 Å². The number of alkyl halides is 3. The molecule has 8 heteroatoms. The fourth-order valence-corrected chi connectivity index (χ4v) is 2.83. The van der Waals surface area contributed by atoms with Crippen LogP contribution in [0.1, 0.15) is 56.7 Å². The number of benzene rings is 1. The first-order valence-electron chi connectivity index (χ1n) is 9.62. The van der Waals surface area contributed by atoms with Gasteiger partial charge in [-0.2, -0.15) is 13.2 Å². The molecule has 2 aromatic rings. The molecule has 0 spiro atoms. The molecule has 0 aliphatic heterocycles. The summed E-state index contributed by atoms with van der Waals surface area (Å²) >= 11 is 0. The van der Waals surface area contributed by atoms with E-state index in [1.54, 1.807) is 12.5 Å². The molecule has 154 valence electrons. The molecule has 0 saturated heterocycles. The topological polar surface area (TPSA) is 69.8 Å². The van der Waals surface area contributed by atoms with Crippen LogP contribution < -0.4 is 10.6 Å². The van der Waals surface area contributed by atoms with Gasteiger partial charge in [-0.15, -0.1) is 0 Å². The highest BCUT2D eigenvalue weighted by Crippen LogP contribution is 2.34. The molecule has 0 unspecified atom stereocenters. The van der Waals surface area contributed by atoms with E-state index in [0.29, 0.717) is 25.1 Å². The van der Waals surface area contributed by atoms with Crippen LogP contribution in [-0.4, -0.2) is 22.4 Å². The minimum atomic E-state index is -4.44. The molecule has 0 aliphatic carbocycles. The van der Waals surface area contributed by atoms with Crippen LogP contribution in [0.3, 0.4) is 0 Å². The smallest absolute Gasteiger partial charge is 0.383 e. The molecule has 5 nitrogen and oxygen atoms in total. The van der Waals surface area contributed by atoms with Crippen LogP contribution in [0.5, 0.6) is 0 Å². The van der Waals surface area contributed by atoms with E-state index in [-0.39, 0.29) is 11.6 Å². The summed E-state index contributed by atoms with van der Waals surface area (Å²) in [5.74, 6) is -0.187. The number of unbranched alkanes of at least 4 members (excludes halogenated alkanes) is 4. The van der Waals surface area contributed by atoms with Gasteiger partial charge in [-0.25, -0.2) is 4.98 Å². The molecular formula is C20H27F3N4O. The van der Waals surface area contributed by atoms with Gasteiger partial charge in [0.2, 0.25) is 5.91 Å². The van der Waals surface area contributed by atoms with Gasteiger partial charge in [0.25, 0.3) is 0 Å². The normalized spacial score (nSPS) is 11.4. The zero-order chi connectivity index (χ0) is 20.4. The minimum absolute atomic E-state index is 0.187. The molecule has 1 heterocycles. The van der Waals surface area contributed by atoms with E-state index in [0.717, 1.165) is 49.9 Å². The van der Waals surface area contributed by atoms with Crippen molar-refractivity contribution in [1.82, 2.24) is 9.97 Å². The summed E-state index contributed by atoms with van der Waals surface area (Å²) in [6.07, 6.45) is 4.81. The lowest BCUT2D eigenvalue weighted by Gasteiger charge is -2.16. The Morgan fingerprint density at radius 2 is 1.93 bits per heavy atom. The number of hydrogen-bond donors (Lipinski definition) is 3. The number of aromatic amines is 1. The fraction of sp³-hybridized carbons (Fsp3) is 0.500. The van der Waals surface area contributed by atoms with Crippen LogP contribution in [0.4, 0.5) is 24.5 Å². The first kappa shape index (κ1) is 21.8. The van der Waals surface area contributed by atoms with Crippen LogP contribution in [-0.2, 0) is 17.4 Å². The van der Waals surface area contributed by atoms with Crippen LogP contribution >= 0.6 is 0 Å². The second kappa shape index (κ2) is 10.7. The molecular weight excluding hydrogens is 369 g/mol.